The molecule has 9 heteroatoms. The fourth-order valence-corrected chi connectivity index (χ4v) is 3.08. The normalized spacial score (nSPS) is 11.2. The quantitative estimate of drug-likeness (QED) is 0.558. The highest BCUT2D eigenvalue weighted by molar-refractivity contribution is 5.80. The van der Waals surface area contributed by atoms with Crippen LogP contribution in [-0.2, 0) is 4.74 Å². The van der Waals surface area contributed by atoms with E-state index >= 15 is 0 Å². The number of ether oxygens (including phenoxy) is 2. The van der Waals surface area contributed by atoms with Gasteiger partial charge in [-0.25, -0.2) is 9.97 Å². The predicted molar refractivity (Wildman–Crippen MR) is 105 cm³/mol. The van der Waals surface area contributed by atoms with Gasteiger partial charge in [-0.1, -0.05) is 0 Å². The van der Waals surface area contributed by atoms with Crippen molar-refractivity contribution in [1.29, 1.82) is 0 Å². The summed E-state index contributed by atoms with van der Waals surface area (Å²) in [7, 11) is 3.22. The van der Waals surface area contributed by atoms with Crippen LogP contribution in [0.2, 0.25) is 0 Å². The van der Waals surface area contributed by atoms with Gasteiger partial charge in [-0.15, -0.1) is 0 Å². The fourth-order valence-electron chi connectivity index (χ4n) is 3.08. The van der Waals surface area contributed by atoms with E-state index in [1.807, 2.05) is 24.8 Å². The van der Waals surface area contributed by atoms with E-state index in [4.69, 9.17) is 9.47 Å². The largest absolute Gasteiger partial charge is 0.481 e. The van der Waals surface area contributed by atoms with Crippen molar-refractivity contribution in [1.82, 2.24) is 24.6 Å². The average molecular weight is 388 g/mol. The van der Waals surface area contributed by atoms with Crippen molar-refractivity contribution in [3.8, 4) is 17.0 Å². The molecule has 0 aliphatic carbocycles. The minimum Gasteiger partial charge on any atom is -0.481 e. The Morgan fingerprint density at radius 3 is 2.61 bits per heavy atom. The van der Waals surface area contributed by atoms with Gasteiger partial charge in [-0.05, 0) is 26.3 Å². The molecule has 8 nitrogen and oxygen atoms in total. The minimum absolute atomic E-state index is 0.391. The first kappa shape index (κ1) is 19.9. The van der Waals surface area contributed by atoms with Crippen LogP contribution in [0.15, 0.2) is 18.3 Å². The lowest BCUT2D eigenvalue weighted by molar-refractivity contribution is 0.204. The molecule has 0 spiro atoms. The first-order valence-corrected chi connectivity index (χ1v) is 9.13. The Bertz CT molecular complexity index is 920. The second kappa shape index (κ2) is 8.92. The highest BCUT2D eigenvalue weighted by Crippen LogP contribution is 2.29. The number of alkyl halides is 1. The van der Waals surface area contributed by atoms with Crippen molar-refractivity contribution >= 4 is 11.6 Å². The maximum atomic E-state index is 12.8. The molecule has 3 aromatic heterocycles. The third-order valence-electron chi connectivity index (χ3n) is 4.40. The number of hydrogen-bond donors (Lipinski definition) is 0. The van der Waals surface area contributed by atoms with Crippen molar-refractivity contribution in [3.63, 3.8) is 0 Å². The van der Waals surface area contributed by atoms with Crippen LogP contribution in [0.1, 0.15) is 17.9 Å². The van der Waals surface area contributed by atoms with E-state index in [1.54, 1.807) is 31.0 Å². The van der Waals surface area contributed by atoms with E-state index in [9.17, 15) is 4.39 Å². The predicted octanol–water partition coefficient (Wildman–Crippen LogP) is 2.62. The number of pyridine rings is 1. The lowest BCUT2D eigenvalue weighted by Gasteiger charge is -2.23. The number of aryl methyl sites for hydroxylation is 2. The monoisotopic (exact) mass is 388 g/mol. The van der Waals surface area contributed by atoms with Gasteiger partial charge in [-0.3, -0.25) is 4.39 Å². The molecule has 3 heterocycles. The highest BCUT2D eigenvalue weighted by Gasteiger charge is 2.20. The van der Waals surface area contributed by atoms with Gasteiger partial charge in [0.15, 0.2) is 5.65 Å². The second-order valence-electron chi connectivity index (χ2n) is 6.38. The number of rotatable bonds is 9. The highest BCUT2D eigenvalue weighted by atomic mass is 19.1. The molecular weight excluding hydrogens is 363 g/mol. The molecule has 3 rings (SSSR count). The molecule has 0 amide bonds. The van der Waals surface area contributed by atoms with Gasteiger partial charge in [0.2, 0.25) is 11.8 Å². The number of hydrogen-bond acceptors (Lipinski definition) is 7. The van der Waals surface area contributed by atoms with Gasteiger partial charge in [0.05, 0.1) is 31.6 Å². The molecule has 0 radical (unpaired) electrons. The molecule has 0 fully saturated rings. The first-order valence-electron chi connectivity index (χ1n) is 9.13. The van der Waals surface area contributed by atoms with Crippen molar-refractivity contribution in [2.24, 2.45) is 0 Å². The van der Waals surface area contributed by atoms with Crippen LogP contribution in [0, 0.1) is 13.8 Å². The van der Waals surface area contributed by atoms with E-state index in [0.29, 0.717) is 49.4 Å². The molecule has 0 aliphatic heterocycles. The molecular formula is C19H25FN6O2. The number of nitrogens with zero attached hydrogens (tertiary/aromatic N) is 6. The third-order valence-corrected chi connectivity index (χ3v) is 4.40. The zero-order chi connectivity index (χ0) is 20.1. The van der Waals surface area contributed by atoms with Crippen LogP contribution >= 0.6 is 0 Å². The van der Waals surface area contributed by atoms with Crippen LogP contribution in [0.4, 0.5) is 10.3 Å². The number of methoxy groups -OCH3 is 2. The number of fused-ring (bicyclic) bond motifs is 1. The third kappa shape index (κ3) is 4.04. The standard InChI is InChI=1S/C19H25FN6O2/c1-13-17(15-6-7-16(28-4)21-12-15)18-22-14(2)23-19(26(18)24-13)25(9-5-8-20)10-11-27-3/h6-7,12H,5,8-11H2,1-4H3. The van der Waals surface area contributed by atoms with Crippen molar-refractivity contribution < 1.29 is 13.9 Å². The van der Waals surface area contributed by atoms with E-state index in [1.165, 1.54) is 0 Å². The summed E-state index contributed by atoms with van der Waals surface area (Å²) < 4.78 is 24.9. The Morgan fingerprint density at radius 1 is 1.14 bits per heavy atom. The number of anilines is 1. The maximum absolute atomic E-state index is 12.8. The summed E-state index contributed by atoms with van der Waals surface area (Å²) in [5, 5.41) is 4.67. The Balaban J connectivity index is 2.12. The summed E-state index contributed by atoms with van der Waals surface area (Å²) in [6.45, 7) is 4.98. The molecule has 0 N–H and O–H groups in total. The summed E-state index contributed by atoms with van der Waals surface area (Å²) in [4.78, 5) is 15.5. The number of halogens is 1. The molecule has 150 valence electrons. The summed E-state index contributed by atoms with van der Waals surface area (Å²) >= 11 is 0. The lowest BCUT2D eigenvalue weighted by Crippen LogP contribution is -2.32. The molecule has 0 aromatic carbocycles. The van der Waals surface area contributed by atoms with Crippen molar-refractivity contribution in [2.45, 2.75) is 20.3 Å². The van der Waals surface area contributed by atoms with Gasteiger partial charge in [0, 0.05) is 38.0 Å². The molecule has 0 aliphatic rings. The van der Waals surface area contributed by atoms with Gasteiger partial charge in [0.1, 0.15) is 5.82 Å². The van der Waals surface area contributed by atoms with Gasteiger partial charge < -0.3 is 14.4 Å². The Labute approximate surface area is 163 Å². The molecule has 0 bridgehead atoms. The summed E-state index contributed by atoms with van der Waals surface area (Å²) in [5.41, 5.74) is 3.28. The molecule has 3 aromatic rings. The van der Waals surface area contributed by atoms with E-state index in [0.717, 1.165) is 16.8 Å². The fraction of sp³-hybridized carbons (Fsp3) is 0.474. The molecule has 28 heavy (non-hydrogen) atoms. The minimum atomic E-state index is -0.391. The topological polar surface area (TPSA) is 77.7 Å². The molecule has 0 saturated carbocycles. The van der Waals surface area contributed by atoms with Gasteiger partial charge >= 0.3 is 0 Å². The van der Waals surface area contributed by atoms with Gasteiger partial charge in [-0.2, -0.15) is 14.6 Å². The summed E-state index contributed by atoms with van der Waals surface area (Å²) in [6, 6.07) is 3.73. The molecule has 0 saturated heterocycles. The van der Waals surface area contributed by atoms with E-state index in [2.05, 4.69) is 20.1 Å². The smallest absolute Gasteiger partial charge is 0.230 e. The summed E-state index contributed by atoms with van der Waals surface area (Å²) in [5.74, 6) is 1.79. The van der Waals surface area contributed by atoms with Crippen LogP contribution < -0.4 is 9.64 Å². The molecule has 0 unspecified atom stereocenters. The number of aromatic nitrogens is 5. The summed E-state index contributed by atoms with van der Waals surface area (Å²) in [6.07, 6.45) is 2.15. The van der Waals surface area contributed by atoms with Crippen LogP contribution in [0.25, 0.3) is 16.8 Å². The molecule has 0 atom stereocenters. The van der Waals surface area contributed by atoms with Gasteiger partial charge in [0.25, 0.3) is 0 Å². The van der Waals surface area contributed by atoms with E-state index in [-0.39, 0.29) is 0 Å². The Morgan fingerprint density at radius 2 is 1.96 bits per heavy atom. The van der Waals surface area contributed by atoms with E-state index < -0.39 is 6.67 Å². The Hall–Kier alpha value is -2.81. The van der Waals surface area contributed by atoms with Crippen LogP contribution in [-0.4, -0.2) is 65.2 Å². The lowest BCUT2D eigenvalue weighted by atomic mass is 10.1. The SMILES string of the molecule is COCCN(CCCF)c1nc(C)nc2c(-c3ccc(OC)nc3)c(C)nn12. The average Bonchev–Trinajstić information content (AvgIpc) is 3.03. The maximum Gasteiger partial charge on any atom is 0.230 e. The van der Waals surface area contributed by atoms with Crippen LogP contribution in [0.5, 0.6) is 5.88 Å². The second-order valence-corrected chi connectivity index (χ2v) is 6.38. The zero-order valence-electron chi connectivity index (χ0n) is 16.6. The van der Waals surface area contributed by atoms with Crippen molar-refractivity contribution in [3.05, 3.63) is 29.8 Å². The first-order chi connectivity index (χ1) is 13.6. The van der Waals surface area contributed by atoms with Crippen LogP contribution in [0.3, 0.4) is 0 Å². The van der Waals surface area contributed by atoms with Crippen molar-refractivity contribution in [2.75, 3.05) is 45.5 Å². The Kier molecular flexibility index (Phi) is 6.35. The zero-order valence-corrected chi connectivity index (χ0v) is 16.6.